The molecule has 0 heterocycles. The maximum atomic E-state index is 10.8. The molecule has 3 heteroatoms. The highest BCUT2D eigenvalue weighted by Crippen LogP contribution is 2.09. The first-order chi connectivity index (χ1) is 5.13. The van der Waals surface area contributed by atoms with Gasteiger partial charge in [0.15, 0.2) is 0 Å². The topological polar surface area (TPSA) is 46.5 Å². The lowest BCUT2D eigenvalue weighted by Crippen LogP contribution is -2.26. The SMILES string of the molecule is CCC[C@@H](O)[C@@H](C)C(=O)OC. The third-order valence-corrected chi connectivity index (χ3v) is 1.73. The minimum Gasteiger partial charge on any atom is -0.469 e. The largest absolute Gasteiger partial charge is 0.469 e. The molecule has 0 saturated heterocycles. The van der Waals surface area contributed by atoms with Crippen molar-refractivity contribution >= 4 is 5.97 Å². The number of hydrogen-bond donors (Lipinski definition) is 1. The first-order valence-electron chi connectivity index (χ1n) is 3.89. The molecule has 0 unspecified atom stereocenters. The van der Waals surface area contributed by atoms with Crippen LogP contribution in [0.4, 0.5) is 0 Å². The minimum atomic E-state index is -0.563. The molecule has 0 aromatic rings. The molecule has 0 aliphatic carbocycles. The van der Waals surface area contributed by atoms with Crippen LogP contribution in [0.2, 0.25) is 0 Å². The molecule has 0 radical (unpaired) electrons. The summed E-state index contributed by atoms with van der Waals surface area (Å²) in [5, 5.41) is 9.32. The monoisotopic (exact) mass is 160 g/mol. The van der Waals surface area contributed by atoms with Crippen LogP contribution < -0.4 is 0 Å². The average Bonchev–Trinajstić information content (AvgIpc) is 2.02. The highest BCUT2D eigenvalue weighted by atomic mass is 16.5. The number of hydrogen-bond acceptors (Lipinski definition) is 3. The first-order valence-corrected chi connectivity index (χ1v) is 3.89. The maximum absolute atomic E-state index is 10.8. The van der Waals surface area contributed by atoms with E-state index in [4.69, 9.17) is 0 Å². The summed E-state index contributed by atoms with van der Waals surface area (Å²) in [7, 11) is 1.33. The molecule has 3 nitrogen and oxygen atoms in total. The molecule has 0 aliphatic heterocycles. The molecular weight excluding hydrogens is 144 g/mol. The van der Waals surface area contributed by atoms with Gasteiger partial charge in [0, 0.05) is 0 Å². The fraction of sp³-hybridized carbons (Fsp3) is 0.875. The summed E-state index contributed by atoms with van der Waals surface area (Å²) in [6, 6.07) is 0. The summed E-state index contributed by atoms with van der Waals surface area (Å²) in [5.41, 5.74) is 0. The Morgan fingerprint density at radius 1 is 1.64 bits per heavy atom. The van der Waals surface area contributed by atoms with E-state index in [1.165, 1.54) is 7.11 Å². The highest BCUT2D eigenvalue weighted by molar-refractivity contribution is 5.72. The molecule has 66 valence electrons. The van der Waals surface area contributed by atoms with Crippen LogP contribution in [0.3, 0.4) is 0 Å². The molecule has 2 atom stereocenters. The molecule has 0 fully saturated rings. The number of rotatable bonds is 4. The van der Waals surface area contributed by atoms with E-state index in [1.807, 2.05) is 6.92 Å². The number of carbonyl (C=O) groups is 1. The van der Waals surface area contributed by atoms with Crippen molar-refractivity contribution in [2.75, 3.05) is 7.11 Å². The number of aliphatic hydroxyl groups excluding tert-OH is 1. The standard InChI is InChI=1S/C8H16O3/c1-4-5-7(9)6(2)8(10)11-3/h6-7,9H,4-5H2,1-3H3/t6-,7-/m1/s1. The van der Waals surface area contributed by atoms with Gasteiger partial charge in [0.1, 0.15) is 0 Å². The Kier molecular flexibility index (Phi) is 4.86. The van der Waals surface area contributed by atoms with Gasteiger partial charge in [-0.05, 0) is 13.3 Å². The van der Waals surface area contributed by atoms with Crippen LogP contribution in [0.15, 0.2) is 0 Å². The van der Waals surface area contributed by atoms with Crippen LogP contribution in [0.1, 0.15) is 26.7 Å². The van der Waals surface area contributed by atoms with Crippen molar-refractivity contribution in [1.29, 1.82) is 0 Å². The molecule has 0 spiro atoms. The summed E-state index contributed by atoms with van der Waals surface area (Å²) in [6.45, 7) is 3.64. The van der Waals surface area contributed by atoms with Crippen LogP contribution in [0.5, 0.6) is 0 Å². The predicted molar refractivity (Wildman–Crippen MR) is 42.1 cm³/mol. The van der Waals surface area contributed by atoms with Gasteiger partial charge in [-0.15, -0.1) is 0 Å². The summed E-state index contributed by atoms with van der Waals surface area (Å²) in [4.78, 5) is 10.8. The van der Waals surface area contributed by atoms with Crippen LogP contribution >= 0.6 is 0 Å². The van der Waals surface area contributed by atoms with Gasteiger partial charge in [-0.2, -0.15) is 0 Å². The number of aliphatic hydroxyl groups is 1. The Labute approximate surface area is 67.4 Å². The molecule has 11 heavy (non-hydrogen) atoms. The van der Waals surface area contributed by atoms with Gasteiger partial charge in [-0.25, -0.2) is 0 Å². The van der Waals surface area contributed by atoms with Gasteiger partial charge in [0.25, 0.3) is 0 Å². The van der Waals surface area contributed by atoms with Gasteiger partial charge < -0.3 is 9.84 Å². The molecular formula is C8H16O3. The van der Waals surface area contributed by atoms with E-state index in [0.717, 1.165) is 6.42 Å². The molecule has 0 aromatic heterocycles. The number of methoxy groups -OCH3 is 1. The second-order valence-electron chi connectivity index (χ2n) is 2.67. The fourth-order valence-electron chi connectivity index (χ4n) is 0.889. The Morgan fingerprint density at radius 2 is 2.18 bits per heavy atom. The van der Waals surface area contributed by atoms with Gasteiger partial charge in [-0.1, -0.05) is 13.3 Å². The Balaban J connectivity index is 3.80. The normalized spacial score (nSPS) is 15.6. The fourth-order valence-corrected chi connectivity index (χ4v) is 0.889. The van der Waals surface area contributed by atoms with Crippen molar-refractivity contribution in [3.63, 3.8) is 0 Å². The maximum Gasteiger partial charge on any atom is 0.311 e. The minimum absolute atomic E-state index is 0.342. The van der Waals surface area contributed by atoms with E-state index in [0.29, 0.717) is 6.42 Å². The molecule has 0 bridgehead atoms. The third kappa shape index (κ3) is 3.37. The molecule has 0 amide bonds. The van der Waals surface area contributed by atoms with E-state index >= 15 is 0 Å². The van der Waals surface area contributed by atoms with E-state index in [-0.39, 0.29) is 5.97 Å². The zero-order chi connectivity index (χ0) is 8.85. The third-order valence-electron chi connectivity index (χ3n) is 1.73. The summed E-state index contributed by atoms with van der Waals surface area (Å²) in [5.74, 6) is -0.745. The number of esters is 1. The van der Waals surface area contributed by atoms with Crippen LogP contribution in [0, 0.1) is 5.92 Å². The van der Waals surface area contributed by atoms with Crippen molar-refractivity contribution < 1.29 is 14.6 Å². The van der Waals surface area contributed by atoms with E-state index in [2.05, 4.69) is 4.74 Å². The zero-order valence-corrected chi connectivity index (χ0v) is 7.33. The second kappa shape index (κ2) is 5.13. The smallest absolute Gasteiger partial charge is 0.311 e. The predicted octanol–water partition coefficient (Wildman–Crippen LogP) is 0.956. The van der Waals surface area contributed by atoms with Crippen molar-refractivity contribution in [2.24, 2.45) is 5.92 Å². The van der Waals surface area contributed by atoms with Gasteiger partial charge in [0.2, 0.25) is 0 Å². The molecule has 0 aromatic carbocycles. The van der Waals surface area contributed by atoms with Crippen LogP contribution in [-0.4, -0.2) is 24.3 Å². The molecule has 0 saturated carbocycles. The number of carbonyl (C=O) groups excluding carboxylic acids is 1. The van der Waals surface area contributed by atoms with Gasteiger partial charge >= 0.3 is 5.97 Å². The lowest BCUT2D eigenvalue weighted by molar-refractivity contribution is -0.148. The van der Waals surface area contributed by atoms with Crippen LogP contribution in [-0.2, 0) is 9.53 Å². The first kappa shape index (κ1) is 10.4. The summed E-state index contributed by atoms with van der Waals surface area (Å²) < 4.78 is 4.48. The quantitative estimate of drug-likeness (QED) is 0.623. The van der Waals surface area contributed by atoms with E-state index < -0.39 is 12.0 Å². The highest BCUT2D eigenvalue weighted by Gasteiger charge is 2.21. The average molecular weight is 160 g/mol. The van der Waals surface area contributed by atoms with E-state index in [9.17, 15) is 9.90 Å². The van der Waals surface area contributed by atoms with Crippen molar-refractivity contribution in [2.45, 2.75) is 32.8 Å². The Morgan fingerprint density at radius 3 is 2.55 bits per heavy atom. The Hall–Kier alpha value is -0.570. The lowest BCUT2D eigenvalue weighted by Gasteiger charge is -2.15. The van der Waals surface area contributed by atoms with Crippen molar-refractivity contribution in [1.82, 2.24) is 0 Å². The van der Waals surface area contributed by atoms with Gasteiger partial charge in [-0.3, -0.25) is 4.79 Å². The van der Waals surface area contributed by atoms with Gasteiger partial charge in [0.05, 0.1) is 19.1 Å². The second-order valence-corrected chi connectivity index (χ2v) is 2.67. The molecule has 0 rings (SSSR count). The Bertz CT molecular complexity index is 123. The molecule has 1 N–H and O–H groups in total. The summed E-state index contributed by atoms with van der Waals surface area (Å²) >= 11 is 0. The zero-order valence-electron chi connectivity index (χ0n) is 7.33. The van der Waals surface area contributed by atoms with E-state index in [1.54, 1.807) is 6.92 Å². The van der Waals surface area contributed by atoms with Crippen molar-refractivity contribution in [3.8, 4) is 0 Å². The molecule has 0 aliphatic rings. The summed E-state index contributed by atoms with van der Waals surface area (Å²) in [6.07, 6.45) is 0.964. The van der Waals surface area contributed by atoms with Crippen LogP contribution in [0.25, 0.3) is 0 Å². The lowest BCUT2D eigenvalue weighted by atomic mass is 10.0. The number of ether oxygens (including phenoxy) is 1. The van der Waals surface area contributed by atoms with Crippen molar-refractivity contribution in [3.05, 3.63) is 0 Å².